The largest absolute Gasteiger partial charge is 0.367 e. The van der Waals surface area contributed by atoms with Gasteiger partial charge in [-0.05, 0) is 6.07 Å². The second kappa shape index (κ2) is 5.27. The first kappa shape index (κ1) is 12.0. The van der Waals surface area contributed by atoms with Crippen molar-refractivity contribution in [2.24, 2.45) is 0 Å². The van der Waals surface area contributed by atoms with Crippen LogP contribution in [0, 0.1) is 5.82 Å². The molecule has 2 rings (SSSR count). The summed E-state index contributed by atoms with van der Waals surface area (Å²) in [5, 5.41) is 2.50. The number of hydrogen-bond donors (Lipinski definition) is 2. The molecule has 0 unspecified atom stereocenters. The minimum Gasteiger partial charge on any atom is -0.367 e. The first-order chi connectivity index (χ1) is 8.68. The third-order valence-corrected chi connectivity index (χ3v) is 2.47. The molecule has 92 valence electrons. The van der Waals surface area contributed by atoms with E-state index in [0.29, 0.717) is 5.56 Å². The molecular weight excluding hydrogens is 235 g/mol. The highest BCUT2D eigenvalue weighted by molar-refractivity contribution is 5.93. The maximum absolute atomic E-state index is 13.3. The third-order valence-electron chi connectivity index (χ3n) is 2.47. The summed E-state index contributed by atoms with van der Waals surface area (Å²) in [6.07, 6.45) is 2.76. The molecule has 1 heterocycles. The van der Waals surface area contributed by atoms with Gasteiger partial charge in [-0.1, -0.05) is 18.2 Å². The Kier molecular flexibility index (Phi) is 3.52. The second-order valence-electron chi connectivity index (χ2n) is 3.70. The topological polar surface area (TPSA) is 62.0 Å². The van der Waals surface area contributed by atoms with Gasteiger partial charge in [0.15, 0.2) is 5.43 Å². The number of hydrogen-bond acceptors (Lipinski definition) is 2. The summed E-state index contributed by atoms with van der Waals surface area (Å²) in [4.78, 5) is 25.7. The molecule has 18 heavy (non-hydrogen) atoms. The van der Waals surface area contributed by atoms with Crippen LogP contribution in [-0.2, 0) is 6.54 Å². The molecule has 0 saturated heterocycles. The molecule has 2 N–H and O–H groups in total. The van der Waals surface area contributed by atoms with E-state index in [4.69, 9.17) is 0 Å². The predicted octanol–water partition coefficient (Wildman–Crippen LogP) is 1.44. The molecule has 0 saturated carbocycles. The van der Waals surface area contributed by atoms with Gasteiger partial charge < -0.3 is 10.3 Å². The van der Waals surface area contributed by atoms with Crippen LogP contribution in [0.15, 0.2) is 47.5 Å². The van der Waals surface area contributed by atoms with E-state index in [9.17, 15) is 14.0 Å². The van der Waals surface area contributed by atoms with E-state index < -0.39 is 5.91 Å². The Morgan fingerprint density at radius 2 is 2.06 bits per heavy atom. The van der Waals surface area contributed by atoms with Crippen LogP contribution in [-0.4, -0.2) is 10.9 Å². The summed E-state index contributed by atoms with van der Waals surface area (Å²) in [6.45, 7) is 0.0415. The minimum absolute atomic E-state index is 0.00818. The summed E-state index contributed by atoms with van der Waals surface area (Å²) in [5.74, 6) is -0.917. The Morgan fingerprint density at radius 1 is 1.28 bits per heavy atom. The van der Waals surface area contributed by atoms with Gasteiger partial charge in [0, 0.05) is 30.6 Å². The van der Waals surface area contributed by atoms with Crippen molar-refractivity contribution in [3.05, 3.63) is 69.9 Å². The zero-order chi connectivity index (χ0) is 13.0. The molecule has 1 amide bonds. The molecule has 2 aromatic rings. The maximum Gasteiger partial charge on any atom is 0.257 e. The molecule has 0 aliphatic rings. The quantitative estimate of drug-likeness (QED) is 0.860. The van der Waals surface area contributed by atoms with Crippen molar-refractivity contribution >= 4 is 5.91 Å². The van der Waals surface area contributed by atoms with E-state index >= 15 is 0 Å². The Balaban J connectivity index is 2.08. The van der Waals surface area contributed by atoms with Crippen LogP contribution in [0.1, 0.15) is 15.9 Å². The molecular formula is C13H11FN2O2. The lowest BCUT2D eigenvalue weighted by molar-refractivity contribution is 0.0949. The normalized spacial score (nSPS) is 10.1. The van der Waals surface area contributed by atoms with Crippen LogP contribution in [0.25, 0.3) is 0 Å². The van der Waals surface area contributed by atoms with Gasteiger partial charge in [0.1, 0.15) is 11.4 Å². The maximum atomic E-state index is 13.3. The van der Waals surface area contributed by atoms with Crippen LogP contribution in [0.3, 0.4) is 0 Å². The van der Waals surface area contributed by atoms with E-state index in [2.05, 4.69) is 10.3 Å². The summed E-state index contributed by atoms with van der Waals surface area (Å²) in [5.41, 5.74) is 0.00633. The van der Waals surface area contributed by atoms with Crippen LogP contribution in [0.5, 0.6) is 0 Å². The summed E-state index contributed by atoms with van der Waals surface area (Å²) in [7, 11) is 0. The first-order valence-corrected chi connectivity index (χ1v) is 5.37. The minimum atomic E-state index is -0.528. The summed E-state index contributed by atoms with van der Waals surface area (Å²) >= 11 is 0. The lowest BCUT2D eigenvalue weighted by Crippen LogP contribution is -2.28. The van der Waals surface area contributed by atoms with Crippen molar-refractivity contribution < 1.29 is 9.18 Å². The average molecular weight is 246 g/mol. The summed E-state index contributed by atoms with van der Waals surface area (Å²) < 4.78 is 13.3. The molecule has 4 nitrogen and oxygen atoms in total. The smallest absolute Gasteiger partial charge is 0.257 e. The highest BCUT2D eigenvalue weighted by Crippen LogP contribution is 2.05. The molecule has 0 fully saturated rings. The van der Waals surface area contributed by atoms with E-state index in [-0.39, 0.29) is 23.4 Å². The van der Waals surface area contributed by atoms with E-state index in [0.717, 1.165) is 0 Å². The highest BCUT2D eigenvalue weighted by atomic mass is 19.1. The number of aromatic nitrogens is 1. The number of H-pyrrole nitrogens is 1. The van der Waals surface area contributed by atoms with Gasteiger partial charge in [-0.2, -0.15) is 0 Å². The van der Waals surface area contributed by atoms with Gasteiger partial charge >= 0.3 is 0 Å². The monoisotopic (exact) mass is 246 g/mol. The van der Waals surface area contributed by atoms with Crippen LogP contribution < -0.4 is 10.7 Å². The fraction of sp³-hybridized carbons (Fsp3) is 0.0769. The third kappa shape index (κ3) is 2.63. The second-order valence-corrected chi connectivity index (χ2v) is 3.70. The van der Waals surface area contributed by atoms with Crippen molar-refractivity contribution in [2.45, 2.75) is 6.54 Å². The van der Waals surface area contributed by atoms with Crippen LogP contribution in [0.2, 0.25) is 0 Å². The highest BCUT2D eigenvalue weighted by Gasteiger charge is 2.09. The molecule has 0 aliphatic heterocycles. The van der Waals surface area contributed by atoms with E-state index in [1.165, 1.54) is 24.5 Å². The lowest BCUT2D eigenvalue weighted by atomic mass is 10.2. The standard InChI is InChI=1S/C13H11FN2O2/c14-11-4-2-1-3-9(11)7-16-13(18)10-8-15-6-5-12(10)17/h1-6,8H,7H2,(H,15,17)(H,16,18). The van der Waals surface area contributed by atoms with E-state index in [1.54, 1.807) is 18.2 Å². The Bertz CT molecular complexity index is 622. The molecule has 5 heteroatoms. The average Bonchev–Trinajstić information content (AvgIpc) is 2.38. The van der Waals surface area contributed by atoms with Gasteiger partial charge in [-0.25, -0.2) is 4.39 Å². The molecule has 0 radical (unpaired) electrons. The number of aromatic amines is 1. The fourth-order valence-corrected chi connectivity index (χ4v) is 1.51. The molecule has 0 bridgehead atoms. The van der Waals surface area contributed by atoms with Crippen molar-refractivity contribution in [1.82, 2.24) is 10.3 Å². The van der Waals surface area contributed by atoms with Crippen LogP contribution in [0.4, 0.5) is 4.39 Å². The first-order valence-electron chi connectivity index (χ1n) is 5.37. The van der Waals surface area contributed by atoms with Crippen molar-refractivity contribution in [1.29, 1.82) is 0 Å². The number of carbonyl (C=O) groups excluding carboxylic acids is 1. The van der Waals surface area contributed by atoms with Gasteiger partial charge in [0.2, 0.25) is 0 Å². The zero-order valence-electron chi connectivity index (χ0n) is 9.44. The predicted molar refractivity (Wildman–Crippen MR) is 64.6 cm³/mol. The number of amides is 1. The summed E-state index contributed by atoms with van der Waals surface area (Å²) in [6, 6.07) is 7.40. The van der Waals surface area contributed by atoms with Crippen molar-refractivity contribution in [3.63, 3.8) is 0 Å². The molecule has 0 atom stereocenters. The molecule has 1 aromatic heterocycles. The Labute approximate surface area is 102 Å². The number of nitrogens with one attached hydrogen (secondary N) is 2. The fourth-order valence-electron chi connectivity index (χ4n) is 1.51. The van der Waals surface area contributed by atoms with Gasteiger partial charge in [-0.3, -0.25) is 9.59 Å². The number of carbonyl (C=O) groups is 1. The SMILES string of the molecule is O=C(NCc1ccccc1F)c1c[nH]ccc1=O. The van der Waals surface area contributed by atoms with E-state index in [1.807, 2.05) is 0 Å². The van der Waals surface area contributed by atoms with Gasteiger partial charge in [0.05, 0.1) is 0 Å². The van der Waals surface area contributed by atoms with Crippen LogP contribution >= 0.6 is 0 Å². The van der Waals surface area contributed by atoms with Crippen molar-refractivity contribution in [2.75, 3.05) is 0 Å². The van der Waals surface area contributed by atoms with Crippen molar-refractivity contribution in [3.8, 4) is 0 Å². The zero-order valence-corrected chi connectivity index (χ0v) is 9.44. The number of rotatable bonds is 3. The lowest BCUT2D eigenvalue weighted by Gasteiger charge is -2.05. The van der Waals surface area contributed by atoms with Gasteiger partial charge in [0.25, 0.3) is 5.91 Å². The number of benzene rings is 1. The number of pyridine rings is 1. The molecule has 1 aromatic carbocycles. The van der Waals surface area contributed by atoms with Gasteiger partial charge in [-0.15, -0.1) is 0 Å². The Hall–Kier alpha value is -2.43. The molecule has 0 aliphatic carbocycles. The number of halogens is 1. The Morgan fingerprint density at radius 3 is 2.78 bits per heavy atom. The molecule has 0 spiro atoms.